The van der Waals surface area contributed by atoms with Crippen molar-refractivity contribution in [2.24, 2.45) is 10.8 Å². The Morgan fingerprint density at radius 3 is 2.20 bits per heavy atom. The van der Waals surface area contributed by atoms with Crippen LogP contribution in [0.15, 0.2) is 36.5 Å². The molecule has 1 saturated carbocycles. The Hall–Kier alpha value is -3.57. The number of hydrogen-bond donors (Lipinski definition) is 2. The number of aliphatic carboxylic acids is 1. The maximum Gasteiger partial charge on any atom is 0.433 e. The van der Waals surface area contributed by atoms with Crippen LogP contribution in [0.1, 0.15) is 75.3 Å². The number of nitrogens with zero attached hydrogens (tertiary/aromatic N) is 2. The fraction of sp³-hybridized carbons (Fsp3) is 0.464. The van der Waals surface area contributed by atoms with Gasteiger partial charge in [0.2, 0.25) is 5.91 Å². The molecule has 1 amide bonds. The summed E-state index contributed by atoms with van der Waals surface area (Å²) in [7, 11) is 0. The fourth-order valence-corrected chi connectivity index (χ4v) is 5.06. The van der Waals surface area contributed by atoms with Crippen molar-refractivity contribution in [1.82, 2.24) is 14.9 Å². The zero-order chi connectivity index (χ0) is 29.8. The van der Waals surface area contributed by atoms with Crippen LogP contribution in [0.4, 0.5) is 26.3 Å². The van der Waals surface area contributed by atoms with Gasteiger partial charge < -0.3 is 15.0 Å². The number of carboxylic acid groups (broad SMARTS) is 1. The number of rotatable bonds is 7. The third kappa shape index (κ3) is 5.53. The molecule has 1 atom stereocenters. The molecule has 1 aliphatic rings. The van der Waals surface area contributed by atoms with Gasteiger partial charge in [-0.3, -0.25) is 9.59 Å². The number of amides is 1. The minimum atomic E-state index is -4.82. The van der Waals surface area contributed by atoms with Crippen LogP contribution in [-0.2, 0) is 28.5 Å². The van der Waals surface area contributed by atoms with Crippen molar-refractivity contribution in [2.45, 2.75) is 71.8 Å². The molecule has 0 radical (unpaired) electrons. The normalized spacial score (nSPS) is 16.1. The quantitative estimate of drug-likeness (QED) is 0.298. The Balaban J connectivity index is 1.95. The first-order valence-electron chi connectivity index (χ1n) is 12.7. The molecule has 0 saturated heterocycles. The van der Waals surface area contributed by atoms with Crippen LogP contribution in [0, 0.1) is 10.8 Å². The van der Waals surface area contributed by atoms with Crippen molar-refractivity contribution in [3.8, 4) is 5.69 Å². The number of carbonyl (C=O) groups excluding carboxylic acids is 1. The van der Waals surface area contributed by atoms with Gasteiger partial charge in [0.1, 0.15) is 11.3 Å². The summed E-state index contributed by atoms with van der Waals surface area (Å²) < 4.78 is 82.9. The third-order valence-electron chi connectivity index (χ3n) is 7.51. The second kappa shape index (κ2) is 9.81. The summed E-state index contributed by atoms with van der Waals surface area (Å²) >= 11 is 0. The molecular weight excluding hydrogens is 540 g/mol. The molecule has 4 rings (SSSR count). The smallest absolute Gasteiger partial charge is 0.433 e. The summed E-state index contributed by atoms with van der Waals surface area (Å²) in [5.41, 5.74) is -3.77. The van der Waals surface area contributed by atoms with Crippen LogP contribution in [0.2, 0.25) is 0 Å². The van der Waals surface area contributed by atoms with Crippen LogP contribution in [0.25, 0.3) is 16.7 Å². The highest BCUT2D eigenvalue weighted by Gasteiger charge is 2.47. The lowest BCUT2D eigenvalue weighted by atomic mass is 9.76. The fourth-order valence-electron chi connectivity index (χ4n) is 5.06. The van der Waals surface area contributed by atoms with Gasteiger partial charge in [-0.2, -0.15) is 26.3 Å². The van der Waals surface area contributed by atoms with Crippen molar-refractivity contribution in [2.75, 3.05) is 0 Å². The Labute approximate surface area is 226 Å². The molecule has 40 heavy (non-hydrogen) atoms. The van der Waals surface area contributed by atoms with Crippen LogP contribution in [0.3, 0.4) is 0 Å². The number of aromatic nitrogens is 2. The van der Waals surface area contributed by atoms with Crippen LogP contribution < -0.4 is 5.32 Å². The second-order valence-electron chi connectivity index (χ2n) is 11.3. The molecule has 2 aromatic heterocycles. The zero-order valence-electron chi connectivity index (χ0n) is 22.3. The maximum absolute atomic E-state index is 13.6. The van der Waals surface area contributed by atoms with E-state index in [1.807, 2.05) is 6.92 Å². The number of nitrogens with one attached hydrogen (secondary N) is 1. The van der Waals surface area contributed by atoms with E-state index in [4.69, 9.17) is 0 Å². The van der Waals surface area contributed by atoms with E-state index in [9.17, 15) is 41.0 Å². The van der Waals surface area contributed by atoms with E-state index in [-0.39, 0.29) is 40.3 Å². The lowest BCUT2D eigenvalue weighted by Crippen LogP contribution is -2.31. The molecule has 0 bridgehead atoms. The van der Waals surface area contributed by atoms with E-state index in [2.05, 4.69) is 10.3 Å². The predicted octanol–water partition coefficient (Wildman–Crippen LogP) is 7.08. The monoisotopic (exact) mass is 569 g/mol. The van der Waals surface area contributed by atoms with E-state index in [1.165, 1.54) is 10.8 Å². The van der Waals surface area contributed by atoms with Gasteiger partial charge in [-0.05, 0) is 66.1 Å². The summed E-state index contributed by atoms with van der Waals surface area (Å²) in [5, 5.41) is 12.8. The van der Waals surface area contributed by atoms with Gasteiger partial charge in [-0.15, -0.1) is 0 Å². The molecule has 1 unspecified atom stereocenters. The molecule has 0 aliphatic heterocycles. The molecule has 1 fully saturated rings. The van der Waals surface area contributed by atoms with Crippen molar-refractivity contribution in [3.05, 3.63) is 58.9 Å². The van der Waals surface area contributed by atoms with Gasteiger partial charge >= 0.3 is 18.3 Å². The maximum atomic E-state index is 13.6. The number of halogens is 6. The van der Waals surface area contributed by atoms with Gasteiger partial charge in [0.15, 0.2) is 0 Å². The Kier molecular flexibility index (Phi) is 7.21. The van der Waals surface area contributed by atoms with Crippen molar-refractivity contribution >= 4 is 22.9 Å². The molecule has 3 aromatic rings. The first-order valence-corrected chi connectivity index (χ1v) is 12.7. The predicted molar refractivity (Wildman–Crippen MR) is 135 cm³/mol. The molecule has 0 spiro atoms. The Morgan fingerprint density at radius 1 is 1.05 bits per heavy atom. The Bertz CT molecular complexity index is 1460. The summed E-state index contributed by atoms with van der Waals surface area (Å²) in [6, 6.07) is 4.58. The van der Waals surface area contributed by atoms with Gasteiger partial charge in [0.25, 0.3) is 0 Å². The summed E-state index contributed by atoms with van der Waals surface area (Å²) in [6.07, 6.45) is -6.36. The average Bonchev–Trinajstić information content (AvgIpc) is 3.56. The highest BCUT2D eigenvalue weighted by Crippen LogP contribution is 2.49. The molecule has 6 nitrogen and oxygen atoms in total. The SMILES string of the molecule is CCC1(C(=O)NCc2cc(C(F)(F)F)ccc2-n2cc(C(C(=O)O)C(C)(C)C)c3ccc(C(F)(F)F)nc32)CC1. The largest absolute Gasteiger partial charge is 0.481 e. The minimum absolute atomic E-state index is 0.0135. The molecular formula is C28H29F6N3O3. The second-order valence-corrected chi connectivity index (χ2v) is 11.3. The first-order chi connectivity index (χ1) is 18.4. The molecule has 12 heteroatoms. The van der Waals surface area contributed by atoms with Gasteiger partial charge in [-0.25, -0.2) is 4.98 Å². The lowest BCUT2D eigenvalue weighted by Gasteiger charge is -2.26. The van der Waals surface area contributed by atoms with E-state index >= 15 is 0 Å². The average molecular weight is 570 g/mol. The van der Waals surface area contributed by atoms with E-state index in [0.29, 0.717) is 19.3 Å². The molecule has 216 valence electrons. The number of alkyl halides is 6. The van der Waals surface area contributed by atoms with Gasteiger partial charge in [0.05, 0.1) is 17.2 Å². The summed E-state index contributed by atoms with van der Waals surface area (Å²) in [4.78, 5) is 28.8. The minimum Gasteiger partial charge on any atom is -0.481 e. The van der Waals surface area contributed by atoms with E-state index in [0.717, 1.165) is 30.3 Å². The molecule has 2 N–H and O–H groups in total. The van der Waals surface area contributed by atoms with E-state index < -0.39 is 46.3 Å². The van der Waals surface area contributed by atoms with Gasteiger partial charge in [-0.1, -0.05) is 27.7 Å². The number of hydrogen-bond acceptors (Lipinski definition) is 3. The third-order valence-corrected chi connectivity index (χ3v) is 7.51. The van der Waals surface area contributed by atoms with Crippen LogP contribution in [0.5, 0.6) is 0 Å². The van der Waals surface area contributed by atoms with E-state index in [1.54, 1.807) is 20.8 Å². The Morgan fingerprint density at radius 2 is 1.70 bits per heavy atom. The number of carbonyl (C=O) groups is 2. The van der Waals surface area contributed by atoms with Crippen molar-refractivity contribution < 1.29 is 41.0 Å². The first kappa shape index (κ1) is 29.4. The summed E-state index contributed by atoms with van der Waals surface area (Å²) in [6.45, 7) is 6.50. The number of fused-ring (bicyclic) bond motifs is 1. The zero-order valence-corrected chi connectivity index (χ0v) is 22.3. The number of benzene rings is 1. The standard InChI is InChI=1S/C28H29F6N3O3/c1-5-26(10-11-26)24(40)35-13-15-12-16(27(29,30)31)6-8-19(15)37-14-18(21(23(38)39)25(2,3)4)17-7-9-20(28(32,33)34)36-22(17)37/h6-9,12,14,21H,5,10-11,13H2,1-4H3,(H,35,40)(H,38,39). The van der Waals surface area contributed by atoms with Crippen LogP contribution in [-0.4, -0.2) is 26.5 Å². The number of pyridine rings is 1. The number of carboxylic acids is 1. The molecule has 1 aromatic carbocycles. The van der Waals surface area contributed by atoms with Gasteiger partial charge in [0, 0.05) is 23.5 Å². The topological polar surface area (TPSA) is 84.2 Å². The highest BCUT2D eigenvalue weighted by atomic mass is 19.4. The highest BCUT2D eigenvalue weighted by molar-refractivity contribution is 5.90. The summed E-state index contributed by atoms with van der Waals surface area (Å²) in [5.74, 6) is -2.71. The lowest BCUT2D eigenvalue weighted by molar-refractivity contribution is -0.142. The molecule has 1 aliphatic carbocycles. The van der Waals surface area contributed by atoms with Crippen molar-refractivity contribution in [1.29, 1.82) is 0 Å². The van der Waals surface area contributed by atoms with Crippen molar-refractivity contribution in [3.63, 3.8) is 0 Å². The van der Waals surface area contributed by atoms with Crippen LogP contribution >= 0.6 is 0 Å². The molecule has 2 heterocycles.